The SMILES string of the molecule is CCCOCCC(CBr)Cc1ccc(C)cc1. The van der Waals surface area contributed by atoms with Crippen LogP contribution in [0.5, 0.6) is 0 Å². The highest BCUT2D eigenvalue weighted by Crippen LogP contribution is 2.15. The van der Waals surface area contributed by atoms with Crippen molar-refractivity contribution >= 4 is 15.9 Å². The minimum atomic E-state index is 0.676. The monoisotopic (exact) mass is 298 g/mol. The number of benzene rings is 1. The van der Waals surface area contributed by atoms with Crippen molar-refractivity contribution in [3.05, 3.63) is 35.4 Å². The van der Waals surface area contributed by atoms with Crippen LogP contribution in [0.25, 0.3) is 0 Å². The average Bonchev–Trinajstić information content (AvgIpc) is 2.35. The van der Waals surface area contributed by atoms with E-state index in [-0.39, 0.29) is 0 Å². The smallest absolute Gasteiger partial charge is 0.0469 e. The van der Waals surface area contributed by atoms with Gasteiger partial charge >= 0.3 is 0 Å². The minimum Gasteiger partial charge on any atom is -0.381 e. The Bertz CT molecular complexity index is 294. The van der Waals surface area contributed by atoms with Crippen LogP contribution in [0, 0.1) is 12.8 Å². The molecule has 1 atom stereocenters. The van der Waals surface area contributed by atoms with Crippen LogP contribution < -0.4 is 0 Å². The van der Waals surface area contributed by atoms with Crippen molar-refractivity contribution in [2.24, 2.45) is 5.92 Å². The van der Waals surface area contributed by atoms with E-state index in [4.69, 9.17) is 4.74 Å². The fourth-order valence-corrected chi connectivity index (χ4v) is 2.34. The van der Waals surface area contributed by atoms with Crippen molar-refractivity contribution in [2.75, 3.05) is 18.5 Å². The Kier molecular flexibility index (Phi) is 7.54. The third-order valence-electron chi connectivity index (χ3n) is 2.88. The zero-order valence-corrected chi connectivity index (χ0v) is 12.5. The van der Waals surface area contributed by atoms with E-state index in [0.717, 1.165) is 37.8 Å². The standard InChI is InChI=1S/C15H23BrO/c1-3-9-17-10-8-15(12-16)11-14-6-4-13(2)5-7-14/h4-7,15H,3,8-12H2,1-2H3. The Hall–Kier alpha value is -0.340. The minimum absolute atomic E-state index is 0.676. The summed E-state index contributed by atoms with van der Waals surface area (Å²) >= 11 is 3.60. The van der Waals surface area contributed by atoms with E-state index < -0.39 is 0 Å². The first kappa shape index (κ1) is 14.7. The summed E-state index contributed by atoms with van der Waals surface area (Å²) in [4.78, 5) is 0. The molecule has 0 saturated heterocycles. The Balaban J connectivity index is 2.33. The Labute approximate surface area is 114 Å². The molecule has 0 aliphatic rings. The molecule has 0 aliphatic carbocycles. The normalized spacial score (nSPS) is 12.6. The van der Waals surface area contributed by atoms with Gasteiger partial charge in [0.1, 0.15) is 0 Å². The van der Waals surface area contributed by atoms with Crippen LogP contribution in [0.4, 0.5) is 0 Å². The molecule has 0 amide bonds. The molecular formula is C15H23BrO. The Morgan fingerprint density at radius 1 is 1.18 bits per heavy atom. The number of hydrogen-bond donors (Lipinski definition) is 0. The van der Waals surface area contributed by atoms with Crippen molar-refractivity contribution in [2.45, 2.75) is 33.1 Å². The van der Waals surface area contributed by atoms with E-state index in [1.54, 1.807) is 0 Å². The van der Waals surface area contributed by atoms with E-state index >= 15 is 0 Å². The van der Waals surface area contributed by atoms with Gasteiger partial charge in [-0.2, -0.15) is 0 Å². The summed E-state index contributed by atoms with van der Waals surface area (Å²) in [5.74, 6) is 0.676. The number of alkyl halides is 1. The summed E-state index contributed by atoms with van der Waals surface area (Å²) in [6.45, 7) is 6.05. The van der Waals surface area contributed by atoms with Crippen LogP contribution in [0.1, 0.15) is 30.9 Å². The second-order valence-corrected chi connectivity index (χ2v) is 5.26. The lowest BCUT2D eigenvalue weighted by molar-refractivity contribution is 0.123. The molecule has 1 aromatic rings. The molecule has 1 unspecified atom stereocenters. The van der Waals surface area contributed by atoms with Gasteiger partial charge in [0, 0.05) is 18.5 Å². The van der Waals surface area contributed by atoms with Crippen molar-refractivity contribution < 1.29 is 4.74 Å². The lowest BCUT2D eigenvalue weighted by Gasteiger charge is -2.14. The Morgan fingerprint density at radius 3 is 2.47 bits per heavy atom. The number of halogens is 1. The van der Waals surface area contributed by atoms with E-state index in [9.17, 15) is 0 Å². The molecule has 0 aliphatic heterocycles. The highest BCUT2D eigenvalue weighted by Gasteiger charge is 2.08. The predicted octanol–water partition coefficient (Wildman–Crippen LogP) is 4.37. The molecule has 0 bridgehead atoms. The summed E-state index contributed by atoms with van der Waals surface area (Å²) in [5, 5.41) is 1.05. The fourth-order valence-electron chi connectivity index (χ4n) is 1.79. The second kappa shape index (κ2) is 8.71. The molecule has 0 radical (unpaired) electrons. The van der Waals surface area contributed by atoms with Gasteiger partial charge in [-0.15, -0.1) is 0 Å². The lowest BCUT2D eigenvalue weighted by atomic mass is 9.98. The molecule has 0 fully saturated rings. The van der Waals surface area contributed by atoms with Crippen molar-refractivity contribution in [3.63, 3.8) is 0 Å². The van der Waals surface area contributed by atoms with Gasteiger partial charge in [-0.05, 0) is 37.7 Å². The summed E-state index contributed by atoms with van der Waals surface area (Å²) < 4.78 is 5.55. The topological polar surface area (TPSA) is 9.23 Å². The maximum absolute atomic E-state index is 5.55. The lowest BCUT2D eigenvalue weighted by Crippen LogP contribution is -2.10. The first-order chi connectivity index (χ1) is 8.26. The van der Waals surface area contributed by atoms with Gasteiger partial charge in [0.15, 0.2) is 0 Å². The van der Waals surface area contributed by atoms with Crippen LogP contribution in [0.15, 0.2) is 24.3 Å². The first-order valence-corrected chi connectivity index (χ1v) is 7.57. The maximum atomic E-state index is 5.55. The quantitative estimate of drug-likeness (QED) is 0.512. The van der Waals surface area contributed by atoms with E-state index in [1.807, 2.05) is 0 Å². The zero-order chi connectivity index (χ0) is 12.5. The van der Waals surface area contributed by atoms with Gasteiger partial charge in [-0.1, -0.05) is 52.7 Å². The molecule has 2 heteroatoms. The maximum Gasteiger partial charge on any atom is 0.0469 e. The molecule has 96 valence electrons. The molecule has 1 nitrogen and oxygen atoms in total. The number of ether oxygens (including phenoxy) is 1. The highest BCUT2D eigenvalue weighted by molar-refractivity contribution is 9.09. The van der Waals surface area contributed by atoms with E-state index in [1.165, 1.54) is 11.1 Å². The Morgan fingerprint density at radius 2 is 1.88 bits per heavy atom. The molecule has 0 heterocycles. The van der Waals surface area contributed by atoms with E-state index in [0.29, 0.717) is 5.92 Å². The molecule has 0 spiro atoms. The fraction of sp³-hybridized carbons (Fsp3) is 0.600. The van der Waals surface area contributed by atoms with Gasteiger partial charge in [-0.3, -0.25) is 0 Å². The van der Waals surface area contributed by atoms with Gasteiger partial charge < -0.3 is 4.74 Å². The molecule has 1 rings (SSSR count). The summed E-state index contributed by atoms with van der Waals surface area (Å²) in [6, 6.07) is 8.85. The zero-order valence-electron chi connectivity index (χ0n) is 10.9. The van der Waals surface area contributed by atoms with Crippen LogP contribution in [0.2, 0.25) is 0 Å². The van der Waals surface area contributed by atoms with Crippen LogP contribution in [-0.2, 0) is 11.2 Å². The third-order valence-corrected chi connectivity index (χ3v) is 3.80. The summed E-state index contributed by atoms with van der Waals surface area (Å²) in [7, 11) is 0. The molecule has 0 aromatic heterocycles. The van der Waals surface area contributed by atoms with Crippen molar-refractivity contribution in [3.8, 4) is 0 Å². The largest absolute Gasteiger partial charge is 0.381 e. The molecule has 0 N–H and O–H groups in total. The highest BCUT2D eigenvalue weighted by atomic mass is 79.9. The molecule has 17 heavy (non-hydrogen) atoms. The van der Waals surface area contributed by atoms with Crippen LogP contribution in [-0.4, -0.2) is 18.5 Å². The molecular weight excluding hydrogens is 276 g/mol. The average molecular weight is 299 g/mol. The summed E-state index contributed by atoms with van der Waals surface area (Å²) in [5.41, 5.74) is 2.76. The van der Waals surface area contributed by atoms with Gasteiger partial charge in [-0.25, -0.2) is 0 Å². The number of rotatable bonds is 8. The van der Waals surface area contributed by atoms with Crippen LogP contribution in [0.3, 0.4) is 0 Å². The first-order valence-electron chi connectivity index (χ1n) is 6.45. The van der Waals surface area contributed by atoms with Crippen molar-refractivity contribution in [1.29, 1.82) is 0 Å². The van der Waals surface area contributed by atoms with Gasteiger partial charge in [0.2, 0.25) is 0 Å². The van der Waals surface area contributed by atoms with Gasteiger partial charge in [0.05, 0.1) is 0 Å². The van der Waals surface area contributed by atoms with Crippen LogP contribution >= 0.6 is 15.9 Å². The number of hydrogen-bond acceptors (Lipinski definition) is 1. The summed E-state index contributed by atoms with van der Waals surface area (Å²) in [6.07, 6.45) is 3.39. The molecule has 0 saturated carbocycles. The third kappa shape index (κ3) is 6.23. The van der Waals surface area contributed by atoms with E-state index in [2.05, 4.69) is 54.0 Å². The van der Waals surface area contributed by atoms with Gasteiger partial charge in [0.25, 0.3) is 0 Å². The second-order valence-electron chi connectivity index (χ2n) is 4.61. The predicted molar refractivity (Wildman–Crippen MR) is 77.9 cm³/mol. The number of aryl methyl sites for hydroxylation is 1. The van der Waals surface area contributed by atoms with Crippen molar-refractivity contribution in [1.82, 2.24) is 0 Å². The molecule has 1 aromatic carbocycles.